The molecule has 0 fully saturated rings. The number of halogens is 3. The summed E-state index contributed by atoms with van der Waals surface area (Å²) in [4.78, 5) is 12.1. The molecule has 0 atom stereocenters. The van der Waals surface area contributed by atoms with E-state index >= 15 is 0 Å². The number of hydrogen-bond acceptors (Lipinski definition) is 2. The van der Waals surface area contributed by atoms with Gasteiger partial charge < -0.3 is 10.4 Å². The molecule has 0 spiro atoms. The Balaban J connectivity index is 2.28. The van der Waals surface area contributed by atoms with Crippen LogP contribution < -0.4 is 5.32 Å². The van der Waals surface area contributed by atoms with Crippen LogP contribution in [0.25, 0.3) is 0 Å². The Morgan fingerprint density at radius 1 is 1.16 bits per heavy atom. The zero-order valence-corrected chi connectivity index (χ0v) is 13.4. The Bertz CT molecular complexity index is 647. The average Bonchev–Trinajstić information content (AvgIpc) is 2.33. The van der Waals surface area contributed by atoms with Gasteiger partial charge in [0.1, 0.15) is 5.75 Å². The molecule has 0 radical (unpaired) electrons. The molecule has 3 nitrogen and oxygen atoms in total. The summed E-state index contributed by atoms with van der Waals surface area (Å²) in [6, 6.07) is 9.74. The van der Waals surface area contributed by atoms with E-state index in [1.807, 2.05) is 0 Å². The van der Waals surface area contributed by atoms with Crippen LogP contribution in [-0.2, 0) is 0 Å². The quantitative estimate of drug-likeness (QED) is 0.752. The molecule has 6 heteroatoms. The highest BCUT2D eigenvalue weighted by atomic mass is 79.9. The third kappa shape index (κ3) is 3.49. The molecule has 1 amide bonds. The standard InChI is InChI=1S/C13H8Br2ClNO2/c14-7-1-3-9(12(18)5-7)13(19)17-11-6-8(16)2-4-10(11)15/h1-6,18H,(H,17,19). The Morgan fingerprint density at radius 3 is 2.58 bits per heavy atom. The van der Waals surface area contributed by atoms with Crippen molar-refractivity contribution in [2.24, 2.45) is 0 Å². The van der Waals surface area contributed by atoms with Crippen molar-refractivity contribution in [3.8, 4) is 5.75 Å². The van der Waals surface area contributed by atoms with Crippen LogP contribution in [0, 0.1) is 0 Å². The second kappa shape index (κ2) is 5.94. The number of nitrogens with one attached hydrogen (secondary N) is 1. The minimum atomic E-state index is -0.409. The normalized spacial score (nSPS) is 10.3. The maximum absolute atomic E-state index is 12.1. The van der Waals surface area contributed by atoms with Gasteiger partial charge in [0.2, 0.25) is 0 Å². The number of amides is 1. The van der Waals surface area contributed by atoms with Crippen molar-refractivity contribution in [1.82, 2.24) is 0 Å². The van der Waals surface area contributed by atoms with Gasteiger partial charge in [-0.1, -0.05) is 27.5 Å². The molecule has 2 aromatic rings. The van der Waals surface area contributed by atoms with Gasteiger partial charge in [-0.05, 0) is 52.3 Å². The first-order valence-corrected chi connectivity index (χ1v) is 7.18. The van der Waals surface area contributed by atoms with Crippen molar-refractivity contribution < 1.29 is 9.90 Å². The van der Waals surface area contributed by atoms with Crippen LogP contribution in [0.2, 0.25) is 5.02 Å². The highest BCUT2D eigenvalue weighted by Gasteiger charge is 2.13. The van der Waals surface area contributed by atoms with Crippen molar-refractivity contribution in [2.75, 3.05) is 5.32 Å². The van der Waals surface area contributed by atoms with E-state index in [0.717, 1.165) is 0 Å². The van der Waals surface area contributed by atoms with E-state index in [0.29, 0.717) is 19.7 Å². The fourth-order valence-corrected chi connectivity index (χ4v) is 2.35. The molecular weight excluding hydrogens is 397 g/mol. The summed E-state index contributed by atoms with van der Waals surface area (Å²) in [7, 11) is 0. The lowest BCUT2D eigenvalue weighted by Crippen LogP contribution is -2.12. The van der Waals surface area contributed by atoms with Gasteiger partial charge in [0.05, 0.1) is 11.3 Å². The molecule has 19 heavy (non-hydrogen) atoms. The number of carbonyl (C=O) groups is 1. The van der Waals surface area contributed by atoms with Gasteiger partial charge >= 0.3 is 0 Å². The van der Waals surface area contributed by atoms with Crippen molar-refractivity contribution in [1.29, 1.82) is 0 Å². The van der Waals surface area contributed by atoms with E-state index in [9.17, 15) is 9.90 Å². The molecule has 0 aromatic heterocycles. The summed E-state index contributed by atoms with van der Waals surface area (Å²) in [6.45, 7) is 0. The largest absolute Gasteiger partial charge is 0.507 e. The van der Waals surface area contributed by atoms with Gasteiger partial charge in [0, 0.05) is 14.0 Å². The van der Waals surface area contributed by atoms with Crippen LogP contribution in [-0.4, -0.2) is 11.0 Å². The molecule has 0 saturated carbocycles. The number of rotatable bonds is 2. The lowest BCUT2D eigenvalue weighted by molar-refractivity contribution is 0.102. The van der Waals surface area contributed by atoms with Crippen LogP contribution in [0.4, 0.5) is 5.69 Å². The number of phenols is 1. The first-order valence-electron chi connectivity index (χ1n) is 5.22. The SMILES string of the molecule is O=C(Nc1cc(Cl)ccc1Br)c1ccc(Br)cc1O. The molecule has 0 bridgehead atoms. The first kappa shape index (κ1) is 14.4. The topological polar surface area (TPSA) is 49.3 Å². The molecule has 2 N–H and O–H groups in total. The second-order valence-corrected chi connectivity index (χ2v) is 5.95. The molecule has 2 rings (SSSR count). The molecule has 2 aromatic carbocycles. The molecular formula is C13H8Br2ClNO2. The maximum atomic E-state index is 12.1. The van der Waals surface area contributed by atoms with E-state index in [1.54, 1.807) is 24.3 Å². The van der Waals surface area contributed by atoms with Gasteiger partial charge in [-0.3, -0.25) is 4.79 Å². The van der Waals surface area contributed by atoms with Gasteiger partial charge in [0.15, 0.2) is 0 Å². The van der Waals surface area contributed by atoms with Gasteiger partial charge in [0.25, 0.3) is 5.91 Å². The van der Waals surface area contributed by atoms with Crippen molar-refractivity contribution in [3.63, 3.8) is 0 Å². The number of aromatic hydroxyl groups is 1. The van der Waals surface area contributed by atoms with Gasteiger partial charge in [-0.25, -0.2) is 0 Å². The zero-order chi connectivity index (χ0) is 14.0. The predicted octanol–water partition coefficient (Wildman–Crippen LogP) is 4.82. The molecule has 0 saturated heterocycles. The fourth-order valence-electron chi connectivity index (χ4n) is 1.48. The maximum Gasteiger partial charge on any atom is 0.259 e. The van der Waals surface area contributed by atoms with Gasteiger partial charge in [-0.15, -0.1) is 0 Å². The van der Waals surface area contributed by atoms with E-state index in [1.165, 1.54) is 12.1 Å². The number of carbonyl (C=O) groups excluding carboxylic acids is 1. The summed E-state index contributed by atoms with van der Waals surface area (Å²) in [5, 5.41) is 12.9. The Morgan fingerprint density at radius 2 is 1.89 bits per heavy atom. The predicted molar refractivity (Wildman–Crippen MR) is 82.9 cm³/mol. The molecule has 0 aliphatic carbocycles. The van der Waals surface area contributed by atoms with Crippen LogP contribution in [0.3, 0.4) is 0 Å². The van der Waals surface area contributed by atoms with Crippen LogP contribution >= 0.6 is 43.5 Å². The summed E-state index contributed by atoms with van der Waals surface area (Å²) < 4.78 is 1.41. The highest BCUT2D eigenvalue weighted by molar-refractivity contribution is 9.10. The fraction of sp³-hybridized carbons (Fsp3) is 0. The average molecular weight is 405 g/mol. The zero-order valence-electron chi connectivity index (χ0n) is 9.45. The lowest BCUT2D eigenvalue weighted by atomic mass is 10.2. The third-order valence-electron chi connectivity index (χ3n) is 2.38. The van der Waals surface area contributed by atoms with Crippen LogP contribution in [0.15, 0.2) is 45.3 Å². The smallest absolute Gasteiger partial charge is 0.259 e. The van der Waals surface area contributed by atoms with Crippen LogP contribution in [0.1, 0.15) is 10.4 Å². The van der Waals surface area contributed by atoms with E-state index in [4.69, 9.17) is 11.6 Å². The third-order valence-corrected chi connectivity index (χ3v) is 3.80. The van der Waals surface area contributed by atoms with Crippen molar-refractivity contribution in [3.05, 3.63) is 55.9 Å². The van der Waals surface area contributed by atoms with Crippen molar-refractivity contribution >= 4 is 55.1 Å². The molecule has 98 valence electrons. The van der Waals surface area contributed by atoms with E-state index in [-0.39, 0.29) is 11.3 Å². The van der Waals surface area contributed by atoms with Crippen LogP contribution in [0.5, 0.6) is 5.75 Å². The lowest BCUT2D eigenvalue weighted by Gasteiger charge is -2.09. The Hall–Kier alpha value is -1.04. The first-order chi connectivity index (χ1) is 8.97. The monoisotopic (exact) mass is 403 g/mol. The Labute approximate surface area is 131 Å². The number of phenolic OH excluding ortho intramolecular Hbond substituents is 1. The van der Waals surface area contributed by atoms with Gasteiger partial charge in [-0.2, -0.15) is 0 Å². The number of benzene rings is 2. The number of hydrogen-bond donors (Lipinski definition) is 2. The molecule has 0 aliphatic heterocycles. The minimum Gasteiger partial charge on any atom is -0.507 e. The Kier molecular flexibility index (Phi) is 4.50. The highest BCUT2D eigenvalue weighted by Crippen LogP contribution is 2.28. The van der Waals surface area contributed by atoms with E-state index in [2.05, 4.69) is 37.2 Å². The molecule has 0 unspecified atom stereocenters. The summed E-state index contributed by atoms with van der Waals surface area (Å²) in [5.74, 6) is -0.502. The second-order valence-electron chi connectivity index (χ2n) is 3.74. The summed E-state index contributed by atoms with van der Waals surface area (Å²) >= 11 is 12.4. The van der Waals surface area contributed by atoms with Crippen molar-refractivity contribution in [2.45, 2.75) is 0 Å². The minimum absolute atomic E-state index is 0.0926. The summed E-state index contributed by atoms with van der Waals surface area (Å²) in [5.41, 5.74) is 0.731. The molecule has 0 aliphatic rings. The number of anilines is 1. The molecule has 0 heterocycles. The van der Waals surface area contributed by atoms with E-state index < -0.39 is 5.91 Å². The summed E-state index contributed by atoms with van der Waals surface area (Å²) in [6.07, 6.45) is 0.